The van der Waals surface area contributed by atoms with Gasteiger partial charge in [0.25, 0.3) is 0 Å². The first-order chi connectivity index (χ1) is 8.74. The number of anilines is 1. The number of nitrogens with zero attached hydrogens (tertiary/aromatic N) is 2. The Hall–Kier alpha value is -1.33. The topological polar surface area (TPSA) is 55.9 Å². The van der Waals surface area contributed by atoms with Crippen molar-refractivity contribution in [2.75, 3.05) is 11.9 Å². The maximum Gasteiger partial charge on any atom is 0.0948 e. The number of hydrogen-bond donors (Lipinski definition) is 2. The third-order valence-corrected chi connectivity index (χ3v) is 3.39. The smallest absolute Gasteiger partial charge is 0.0948 e. The van der Waals surface area contributed by atoms with Crippen LogP contribution in [0.4, 0.5) is 5.69 Å². The monoisotopic (exact) mass is 308 g/mol. The van der Waals surface area contributed by atoms with E-state index in [1.165, 1.54) is 0 Å². The first-order valence-corrected chi connectivity index (χ1v) is 6.76. The highest BCUT2D eigenvalue weighted by molar-refractivity contribution is 9.10. The molecular formula is C13H17BrN4. The Labute approximate surface area is 115 Å². The van der Waals surface area contributed by atoms with Gasteiger partial charge in [-0.15, -0.1) is 0 Å². The number of aryl methyl sites for hydroxylation is 1. The molecule has 0 radical (unpaired) electrons. The molecule has 0 aliphatic heterocycles. The van der Waals surface area contributed by atoms with Crippen LogP contribution in [0, 0.1) is 0 Å². The average molecular weight is 309 g/mol. The molecule has 0 saturated heterocycles. The molecule has 1 aromatic heterocycles. The Balaban J connectivity index is 2.17. The zero-order valence-electron chi connectivity index (χ0n) is 10.3. The molecule has 1 atom stereocenters. The summed E-state index contributed by atoms with van der Waals surface area (Å²) < 4.78 is 3.17. The van der Waals surface area contributed by atoms with Crippen molar-refractivity contribution in [1.29, 1.82) is 0 Å². The number of nitrogens with one attached hydrogen (secondary N) is 1. The Morgan fingerprint density at radius 3 is 2.72 bits per heavy atom. The summed E-state index contributed by atoms with van der Waals surface area (Å²) in [5.41, 5.74) is 8.02. The summed E-state index contributed by atoms with van der Waals surface area (Å²) in [4.78, 5) is 4.18. The Morgan fingerprint density at radius 2 is 2.11 bits per heavy atom. The molecule has 2 aromatic rings. The van der Waals surface area contributed by atoms with Crippen LogP contribution in [0.5, 0.6) is 0 Å². The highest BCUT2D eigenvalue weighted by atomic mass is 79.9. The first-order valence-electron chi connectivity index (χ1n) is 5.96. The molecule has 5 heteroatoms. The van der Waals surface area contributed by atoms with Gasteiger partial charge in [0, 0.05) is 23.2 Å². The van der Waals surface area contributed by atoms with Crippen LogP contribution in [0.1, 0.15) is 18.7 Å². The number of nitrogens with two attached hydrogens (primary N) is 1. The van der Waals surface area contributed by atoms with Crippen LogP contribution in [0.15, 0.2) is 41.3 Å². The van der Waals surface area contributed by atoms with Crippen molar-refractivity contribution >= 4 is 21.6 Å². The summed E-state index contributed by atoms with van der Waals surface area (Å²) in [7, 11) is 0. The number of rotatable bonds is 5. The molecule has 96 valence electrons. The van der Waals surface area contributed by atoms with Gasteiger partial charge in [0.05, 0.1) is 24.3 Å². The van der Waals surface area contributed by atoms with Crippen molar-refractivity contribution in [3.8, 4) is 0 Å². The van der Waals surface area contributed by atoms with Gasteiger partial charge in [-0.05, 0) is 31.2 Å². The van der Waals surface area contributed by atoms with E-state index in [-0.39, 0.29) is 6.04 Å². The fraction of sp³-hybridized carbons (Fsp3) is 0.308. The van der Waals surface area contributed by atoms with Gasteiger partial charge in [0.1, 0.15) is 0 Å². The molecular weight excluding hydrogens is 292 g/mol. The second kappa shape index (κ2) is 6.02. The number of halogens is 1. The largest absolute Gasteiger partial charge is 0.375 e. The van der Waals surface area contributed by atoms with E-state index in [2.05, 4.69) is 37.7 Å². The maximum absolute atomic E-state index is 5.85. The van der Waals surface area contributed by atoms with E-state index in [9.17, 15) is 0 Å². The molecule has 0 aliphatic rings. The third kappa shape index (κ3) is 2.91. The SMILES string of the molecule is CCn1cncc1C(CN)Nc1ccc(Br)cc1. The number of benzene rings is 1. The fourth-order valence-corrected chi connectivity index (χ4v) is 2.15. The van der Waals surface area contributed by atoms with E-state index >= 15 is 0 Å². The van der Waals surface area contributed by atoms with Gasteiger partial charge in [-0.25, -0.2) is 4.98 Å². The molecule has 0 aliphatic carbocycles. The van der Waals surface area contributed by atoms with Crippen molar-refractivity contribution in [2.45, 2.75) is 19.5 Å². The molecule has 0 amide bonds. The van der Waals surface area contributed by atoms with E-state index in [1.807, 2.05) is 36.8 Å². The summed E-state index contributed by atoms with van der Waals surface area (Å²) in [6.45, 7) is 3.52. The minimum Gasteiger partial charge on any atom is -0.375 e. The number of imidazole rings is 1. The summed E-state index contributed by atoms with van der Waals surface area (Å²) in [6.07, 6.45) is 3.70. The van der Waals surface area contributed by atoms with Crippen LogP contribution in [0.2, 0.25) is 0 Å². The molecule has 0 spiro atoms. The zero-order chi connectivity index (χ0) is 13.0. The van der Waals surface area contributed by atoms with Crippen LogP contribution in [0.25, 0.3) is 0 Å². The summed E-state index contributed by atoms with van der Waals surface area (Å²) >= 11 is 3.42. The van der Waals surface area contributed by atoms with Crippen LogP contribution in [-0.4, -0.2) is 16.1 Å². The molecule has 0 saturated carbocycles. The summed E-state index contributed by atoms with van der Waals surface area (Å²) in [6, 6.07) is 8.15. The number of hydrogen-bond acceptors (Lipinski definition) is 3. The summed E-state index contributed by atoms with van der Waals surface area (Å²) in [5.74, 6) is 0. The van der Waals surface area contributed by atoms with Crippen LogP contribution in [0.3, 0.4) is 0 Å². The number of aromatic nitrogens is 2. The van der Waals surface area contributed by atoms with Gasteiger partial charge in [-0.2, -0.15) is 0 Å². The van der Waals surface area contributed by atoms with Gasteiger partial charge in [-0.3, -0.25) is 0 Å². The second-order valence-corrected chi connectivity index (χ2v) is 4.96. The van der Waals surface area contributed by atoms with Gasteiger partial charge in [0.2, 0.25) is 0 Å². The van der Waals surface area contributed by atoms with E-state index in [0.29, 0.717) is 6.54 Å². The average Bonchev–Trinajstić information content (AvgIpc) is 2.86. The fourth-order valence-electron chi connectivity index (χ4n) is 1.89. The highest BCUT2D eigenvalue weighted by Gasteiger charge is 2.13. The lowest BCUT2D eigenvalue weighted by atomic mass is 10.2. The van der Waals surface area contributed by atoms with E-state index < -0.39 is 0 Å². The molecule has 0 bridgehead atoms. The predicted octanol–water partition coefficient (Wildman–Crippen LogP) is 2.78. The highest BCUT2D eigenvalue weighted by Crippen LogP contribution is 2.20. The standard InChI is InChI=1S/C13H17BrN4/c1-2-18-9-16-8-13(18)12(7-15)17-11-5-3-10(14)4-6-11/h3-6,8-9,12,17H,2,7,15H2,1H3. The van der Waals surface area contributed by atoms with Crippen LogP contribution in [-0.2, 0) is 6.54 Å². The summed E-state index contributed by atoms with van der Waals surface area (Å²) in [5, 5.41) is 3.43. The van der Waals surface area contributed by atoms with Gasteiger partial charge in [-0.1, -0.05) is 15.9 Å². The quantitative estimate of drug-likeness (QED) is 0.893. The van der Waals surface area contributed by atoms with E-state index in [4.69, 9.17) is 5.73 Å². The molecule has 1 heterocycles. The molecule has 0 fully saturated rings. The lowest BCUT2D eigenvalue weighted by molar-refractivity contribution is 0.654. The zero-order valence-corrected chi connectivity index (χ0v) is 11.9. The van der Waals surface area contributed by atoms with Crippen molar-refractivity contribution in [2.24, 2.45) is 5.73 Å². The third-order valence-electron chi connectivity index (χ3n) is 2.86. The Kier molecular flexibility index (Phi) is 4.38. The van der Waals surface area contributed by atoms with Gasteiger partial charge in [0.15, 0.2) is 0 Å². The minimum atomic E-state index is 0.0774. The first kappa shape index (κ1) is 13.1. The van der Waals surface area contributed by atoms with Crippen LogP contribution >= 0.6 is 15.9 Å². The van der Waals surface area contributed by atoms with Gasteiger partial charge < -0.3 is 15.6 Å². The molecule has 1 unspecified atom stereocenters. The molecule has 18 heavy (non-hydrogen) atoms. The predicted molar refractivity (Wildman–Crippen MR) is 77.5 cm³/mol. The van der Waals surface area contributed by atoms with Gasteiger partial charge >= 0.3 is 0 Å². The Morgan fingerprint density at radius 1 is 1.39 bits per heavy atom. The molecule has 2 rings (SSSR count). The second-order valence-electron chi connectivity index (χ2n) is 4.04. The lowest BCUT2D eigenvalue weighted by Crippen LogP contribution is -2.23. The Bertz CT molecular complexity index is 492. The maximum atomic E-state index is 5.85. The van der Waals surface area contributed by atoms with E-state index in [0.717, 1.165) is 22.4 Å². The lowest BCUT2D eigenvalue weighted by Gasteiger charge is -2.19. The van der Waals surface area contributed by atoms with E-state index in [1.54, 1.807) is 0 Å². The van der Waals surface area contributed by atoms with Crippen LogP contribution < -0.4 is 11.1 Å². The molecule has 1 aromatic carbocycles. The van der Waals surface area contributed by atoms with Crippen molar-refractivity contribution < 1.29 is 0 Å². The molecule has 4 nitrogen and oxygen atoms in total. The van der Waals surface area contributed by atoms with Crippen molar-refractivity contribution in [1.82, 2.24) is 9.55 Å². The minimum absolute atomic E-state index is 0.0774. The normalized spacial score (nSPS) is 12.4. The van der Waals surface area contributed by atoms with Crippen molar-refractivity contribution in [3.05, 3.63) is 47.0 Å². The van der Waals surface area contributed by atoms with Crippen molar-refractivity contribution in [3.63, 3.8) is 0 Å². The molecule has 3 N–H and O–H groups in total.